The van der Waals surface area contributed by atoms with Crippen molar-refractivity contribution in [3.05, 3.63) is 69.5 Å². The third-order valence-corrected chi connectivity index (χ3v) is 8.11. The lowest BCUT2D eigenvalue weighted by atomic mass is 9.93. The molecule has 0 N–H and O–H groups in total. The summed E-state index contributed by atoms with van der Waals surface area (Å²) in [6, 6.07) is 16.5. The summed E-state index contributed by atoms with van der Waals surface area (Å²) in [7, 11) is 0. The third kappa shape index (κ3) is 5.57. The Bertz CT molecular complexity index is 1240. The standard InChI is InChI=1S/C26H24BrNO6S/c27-21-22(34-15-20(29)30)24(26(32)33)35-23(21)17-10-7-13-19(14-17)28(18-11-5-2-6-12-18)25(31)16-8-3-1-4-9-16/h1,3-4,7-10,13-14,18H,2,5-6,11-12,15H2,(H,29,30)(H,32,33)/p-2. The number of hydrogen-bond donors (Lipinski definition) is 0. The Hall–Kier alpha value is -3.17. The first kappa shape index (κ1) is 24.9. The molecule has 1 amide bonds. The number of amides is 1. The molecule has 0 atom stereocenters. The molecule has 3 aromatic rings. The maximum absolute atomic E-state index is 13.6. The molecule has 0 saturated heterocycles. The second-order valence-corrected chi connectivity index (χ2v) is 10.0. The predicted molar refractivity (Wildman–Crippen MR) is 132 cm³/mol. The van der Waals surface area contributed by atoms with Gasteiger partial charge in [0.15, 0.2) is 5.75 Å². The molecule has 9 heteroatoms. The van der Waals surface area contributed by atoms with Crippen LogP contribution in [0.2, 0.25) is 0 Å². The molecule has 1 aliphatic rings. The number of aliphatic carboxylic acids is 1. The Labute approximate surface area is 215 Å². The smallest absolute Gasteiger partial charge is 0.258 e. The fourth-order valence-electron chi connectivity index (χ4n) is 4.33. The molecular weight excluding hydrogens is 534 g/mol. The predicted octanol–water partition coefficient (Wildman–Crippen LogP) is 3.65. The highest BCUT2D eigenvalue weighted by Crippen LogP contribution is 2.46. The number of aromatic carboxylic acids is 1. The largest absolute Gasteiger partial charge is 0.546 e. The lowest BCUT2D eigenvalue weighted by molar-refractivity contribution is -0.307. The quantitative estimate of drug-likeness (QED) is 0.419. The second-order valence-electron chi connectivity index (χ2n) is 8.23. The lowest BCUT2D eigenvalue weighted by Gasteiger charge is -2.34. The minimum Gasteiger partial charge on any atom is -0.546 e. The summed E-state index contributed by atoms with van der Waals surface area (Å²) in [5.74, 6) is -3.16. The average Bonchev–Trinajstić information content (AvgIpc) is 3.20. The van der Waals surface area contributed by atoms with E-state index in [1.165, 1.54) is 0 Å². The van der Waals surface area contributed by atoms with Crippen LogP contribution in [-0.2, 0) is 4.79 Å². The Kier molecular flexibility index (Phi) is 7.87. The van der Waals surface area contributed by atoms with E-state index in [4.69, 9.17) is 4.74 Å². The SMILES string of the molecule is O=C([O-])COc1c(C(=O)[O-])sc(-c2cccc(N(C(=O)c3ccccc3)C3CCCCC3)c2)c1Br. The number of hydrogen-bond acceptors (Lipinski definition) is 7. The van der Waals surface area contributed by atoms with Crippen molar-refractivity contribution in [2.75, 3.05) is 11.5 Å². The molecule has 1 aromatic heterocycles. The molecule has 0 radical (unpaired) electrons. The maximum Gasteiger partial charge on any atom is 0.258 e. The van der Waals surface area contributed by atoms with Crippen LogP contribution in [0.1, 0.15) is 52.1 Å². The van der Waals surface area contributed by atoms with Gasteiger partial charge in [-0.05, 0) is 58.6 Å². The second kappa shape index (κ2) is 11.0. The zero-order valence-corrected chi connectivity index (χ0v) is 21.1. The Balaban J connectivity index is 1.76. The number of carbonyl (C=O) groups excluding carboxylic acids is 3. The molecule has 4 rings (SSSR count). The van der Waals surface area contributed by atoms with Crippen molar-refractivity contribution in [1.82, 2.24) is 0 Å². The molecule has 7 nitrogen and oxygen atoms in total. The van der Waals surface area contributed by atoms with Gasteiger partial charge in [0, 0.05) is 17.3 Å². The molecule has 1 fully saturated rings. The number of halogens is 1. The van der Waals surface area contributed by atoms with Crippen LogP contribution in [0.25, 0.3) is 10.4 Å². The highest BCUT2D eigenvalue weighted by molar-refractivity contribution is 9.10. The van der Waals surface area contributed by atoms with Crippen molar-refractivity contribution in [3.63, 3.8) is 0 Å². The highest BCUT2D eigenvalue weighted by Gasteiger charge is 2.28. The van der Waals surface area contributed by atoms with Gasteiger partial charge in [-0.15, -0.1) is 11.3 Å². The number of ether oxygens (including phenoxy) is 1. The van der Waals surface area contributed by atoms with Crippen LogP contribution in [-0.4, -0.2) is 30.5 Å². The highest BCUT2D eigenvalue weighted by atomic mass is 79.9. The van der Waals surface area contributed by atoms with E-state index in [1.807, 2.05) is 41.3 Å². The zero-order chi connectivity index (χ0) is 24.9. The topological polar surface area (TPSA) is 110 Å². The molecule has 0 aliphatic heterocycles. The fourth-order valence-corrected chi connectivity index (χ4v) is 6.21. The van der Waals surface area contributed by atoms with Crippen LogP contribution < -0.4 is 19.8 Å². The van der Waals surface area contributed by atoms with Crippen molar-refractivity contribution in [3.8, 4) is 16.2 Å². The normalized spacial score (nSPS) is 13.9. The number of carboxylic acids is 2. The van der Waals surface area contributed by atoms with E-state index in [0.29, 0.717) is 26.2 Å². The summed E-state index contributed by atoms with van der Waals surface area (Å²) in [6.45, 7) is -0.796. The van der Waals surface area contributed by atoms with Crippen LogP contribution >= 0.6 is 27.3 Å². The third-order valence-electron chi connectivity index (χ3n) is 5.89. The van der Waals surface area contributed by atoms with Gasteiger partial charge >= 0.3 is 0 Å². The summed E-state index contributed by atoms with van der Waals surface area (Å²) in [5, 5.41) is 22.5. The van der Waals surface area contributed by atoms with Gasteiger partial charge in [0.25, 0.3) is 5.91 Å². The summed E-state index contributed by atoms with van der Waals surface area (Å²) >= 11 is 4.27. The number of carbonyl (C=O) groups is 3. The summed E-state index contributed by atoms with van der Waals surface area (Å²) in [5.41, 5.74) is 1.96. The van der Waals surface area contributed by atoms with Crippen LogP contribution in [0, 0.1) is 0 Å². The van der Waals surface area contributed by atoms with Gasteiger partial charge in [-0.1, -0.05) is 49.6 Å². The molecule has 0 spiro atoms. The van der Waals surface area contributed by atoms with Gasteiger partial charge in [0.2, 0.25) is 0 Å². The molecule has 0 unspecified atom stereocenters. The number of rotatable bonds is 8. The first-order valence-corrected chi connectivity index (χ1v) is 12.8. The molecule has 1 saturated carbocycles. The number of benzene rings is 2. The minimum absolute atomic E-state index is 0.0548. The molecular formula is C26H22BrNO6S-2. The van der Waals surface area contributed by atoms with Gasteiger partial charge in [0.1, 0.15) is 6.61 Å². The summed E-state index contributed by atoms with van der Waals surface area (Å²) in [4.78, 5) is 38.3. The van der Waals surface area contributed by atoms with Crippen molar-refractivity contribution in [2.24, 2.45) is 0 Å². The van der Waals surface area contributed by atoms with Crippen LogP contribution in [0.4, 0.5) is 5.69 Å². The van der Waals surface area contributed by atoms with E-state index in [2.05, 4.69) is 15.9 Å². The van der Waals surface area contributed by atoms with Crippen LogP contribution in [0.3, 0.4) is 0 Å². The van der Waals surface area contributed by atoms with Gasteiger partial charge in [-0.3, -0.25) is 4.79 Å². The Morgan fingerprint density at radius 2 is 1.71 bits per heavy atom. The number of thiophene rings is 1. The Morgan fingerprint density at radius 1 is 1.00 bits per heavy atom. The van der Waals surface area contributed by atoms with Crippen LogP contribution in [0.15, 0.2) is 59.1 Å². The lowest BCUT2D eigenvalue weighted by Crippen LogP contribution is -2.41. The van der Waals surface area contributed by atoms with E-state index < -0.39 is 18.5 Å². The van der Waals surface area contributed by atoms with E-state index in [9.17, 15) is 24.6 Å². The average molecular weight is 556 g/mol. The van der Waals surface area contributed by atoms with E-state index in [0.717, 1.165) is 43.4 Å². The van der Waals surface area contributed by atoms with E-state index in [1.54, 1.807) is 18.2 Å². The van der Waals surface area contributed by atoms with Crippen LogP contribution in [0.5, 0.6) is 5.75 Å². The number of carboxylic acid groups (broad SMARTS) is 2. The van der Waals surface area contributed by atoms with Crippen molar-refractivity contribution >= 4 is 50.8 Å². The molecule has 35 heavy (non-hydrogen) atoms. The first-order valence-electron chi connectivity index (χ1n) is 11.2. The van der Waals surface area contributed by atoms with Gasteiger partial charge in [-0.25, -0.2) is 0 Å². The molecule has 182 valence electrons. The summed E-state index contributed by atoms with van der Waals surface area (Å²) in [6.07, 6.45) is 5.05. The first-order chi connectivity index (χ1) is 16.9. The number of nitrogens with zero attached hydrogens (tertiary/aromatic N) is 1. The molecule has 1 heterocycles. The zero-order valence-electron chi connectivity index (χ0n) is 18.7. The van der Waals surface area contributed by atoms with E-state index >= 15 is 0 Å². The Morgan fingerprint density at radius 3 is 2.37 bits per heavy atom. The molecule has 0 bridgehead atoms. The molecule has 2 aromatic carbocycles. The van der Waals surface area contributed by atoms with Gasteiger partial charge < -0.3 is 29.4 Å². The monoisotopic (exact) mass is 555 g/mol. The van der Waals surface area contributed by atoms with Crippen molar-refractivity contribution in [1.29, 1.82) is 0 Å². The minimum atomic E-state index is -1.48. The van der Waals surface area contributed by atoms with Gasteiger partial charge in [-0.2, -0.15) is 0 Å². The van der Waals surface area contributed by atoms with Gasteiger partial charge in [0.05, 0.1) is 26.2 Å². The fraction of sp³-hybridized carbons (Fsp3) is 0.269. The van der Waals surface area contributed by atoms with Crippen molar-refractivity contribution < 1.29 is 29.3 Å². The number of anilines is 1. The maximum atomic E-state index is 13.6. The van der Waals surface area contributed by atoms with E-state index in [-0.39, 0.29) is 22.6 Å². The molecule has 1 aliphatic carbocycles. The van der Waals surface area contributed by atoms with Crippen molar-refractivity contribution in [2.45, 2.75) is 38.1 Å². The summed E-state index contributed by atoms with van der Waals surface area (Å²) < 4.78 is 5.48.